The zero-order chi connectivity index (χ0) is 13.2. The van der Waals surface area contributed by atoms with Crippen molar-refractivity contribution in [3.8, 4) is 0 Å². The largest absolute Gasteiger partial charge is 0.328 e. The first-order chi connectivity index (χ1) is 7.85. The number of aryl methyl sites for hydroxylation is 2. The van der Waals surface area contributed by atoms with Crippen LogP contribution in [0.1, 0.15) is 32.2 Å². The number of nitrogens with zero attached hydrogens (tertiary/aromatic N) is 2. The lowest BCUT2D eigenvalue weighted by Gasteiger charge is -2.28. The van der Waals surface area contributed by atoms with Crippen LogP contribution in [0.3, 0.4) is 0 Å². The minimum absolute atomic E-state index is 0.00502. The Balaban J connectivity index is 3.09. The molecule has 3 nitrogen and oxygen atoms in total. The SMILES string of the molecule is CCn1nc(C)c(Cl)c1CC(F)(CN)C(C)C. The van der Waals surface area contributed by atoms with Gasteiger partial charge < -0.3 is 5.73 Å². The van der Waals surface area contributed by atoms with Crippen LogP contribution in [0.5, 0.6) is 0 Å². The Bertz CT molecular complexity index is 389. The standard InChI is InChI=1S/C12H21ClFN3/c1-5-17-10(11(13)9(4)16-17)6-12(14,7-15)8(2)3/h8H,5-7,15H2,1-4H3. The van der Waals surface area contributed by atoms with Crippen LogP contribution in [0.25, 0.3) is 0 Å². The van der Waals surface area contributed by atoms with Crippen molar-refractivity contribution in [2.24, 2.45) is 11.7 Å². The summed E-state index contributed by atoms with van der Waals surface area (Å²) in [5.41, 5.74) is 5.61. The van der Waals surface area contributed by atoms with Crippen molar-refractivity contribution in [1.29, 1.82) is 0 Å². The van der Waals surface area contributed by atoms with Crippen molar-refractivity contribution in [3.63, 3.8) is 0 Å². The molecule has 0 aliphatic carbocycles. The van der Waals surface area contributed by atoms with Gasteiger partial charge in [-0.05, 0) is 19.8 Å². The fourth-order valence-corrected chi connectivity index (χ4v) is 2.03. The summed E-state index contributed by atoms with van der Waals surface area (Å²) in [7, 11) is 0. The molecular weight excluding hydrogens is 241 g/mol. The van der Waals surface area contributed by atoms with E-state index in [-0.39, 0.29) is 18.9 Å². The first kappa shape index (κ1) is 14.5. The summed E-state index contributed by atoms with van der Waals surface area (Å²) >= 11 is 6.17. The van der Waals surface area contributed by atoms with Crippen molar-refractivity contribution in [2.45, 2.75) is 46.3 Å². The lowest BCUT2D eigenvalue weighted by atomic mass is 9.87. The Morgan fingerprint density at radius 2 is 2.12 bits per heavy atom. The van der Waals surface area contributed by atoms with Crippen LogP contribution >= 0.6 is 11.6 Å². The van der Waals surface area contributed by atoms with E-state index in [1.165, 1.54) is 0 Å². The maximum absolute atomic E-state index is 14.6. The van der Waals surface area contributed by atoms with Crippen LogP contribution < -0.4 is 5.73 Å². The summed E-state index contributed by atoms with van der Waals surface area (Å²) in [5, 5.41) is 4.84. The second-order valence-electron chi connectivity index (χ2n) is 4.73. The quantitative estimate of drug-likeness (QED) is 0.886. The molecule has 1 aromatic rings. The Hall–Kier alpha value is -0.610. The fourth-order valence-electron chi connectivity index (χ4n) is 1.83. The molecule has 0 amide bonds. The maximum atomic E-state index is 14.6. The molecule has 0 aliphatic heterocycles. The second kappa shape index (κ2) is 5.36. The van der Waals surface area contributed by atoms with Gasteiger partial charge in [0.1, 0.15) is 5.67 Å². The van der Waals surface area contributed by atoms with Gasteiger partial charge in [0.2, 0.25) is 0 Å². The van der Waals surface area contributed by atoms with E-state index in [0.29, 0.717) is 11.6 Å². The van der Waals surface area contributed by atoms with Gasteiger partial charge in [-0.25, -0.2) is 4.39 Å². The summed E-state index contributed by atoms with van der Waals surface area (Å²) < 4.78 is 16.4. The Morgan fingerprint density at radius 1 is 1.53 bits per heavy atom. The monoisotopic (exact) mass is 261 g/mol. The lowest BCUT2D eigenvalue weighted by molar-refractivity contribution is 0.108. The molecule has 1 rings (SSSR count). The van der Waals surface area contributed by atoms with Crippen molar-refractivity contribution >= 4 is 11.6 Å². The molecule has 0 aliphatic rings. The van der Waals surface area contributed by atoms with Crippen LogP contribution in [-0.2, 0) is 13.0 Å². The molecule has 0 saturated heterocycles. The average molecular weight is 262 g/mol. The average Bonchev–Trinajstić information content (AvgIpc) is 2.56. The predicted molar refractivity (Wildman–Crippen MR) is 69.1 cm³/mol. The smallest absolute Gasteiger partial charge is 0.131 e. The molecule has 1 aromatic heterocycles. The molecule has 0 radical (unpaired) electrons. The first-order valence-corrected chi connectivity index (χ1v) is 6.34. The molecule has 98 valence electrons. The van der Waals surface area contributed by atoms with Gasteiger partial charge in [-0.2, -0.15) is 5.10 Å². The topological polar surface area (TPSA) is 43.8 Å². The van der Waals surface area contributed by atoms with Gasteiger partial charge in [-0.15, -0.1) is 0 Å². The van der Waals surface area contributed by atoms with E-state index in [2.05, 4.69) is 5.10 Å². The molecule has 0 bridgehead atoms. The third kappa shape index (κ3) is 2.80. The molecule has 0 spiro atoms. The Morgan fingerprint density at radius 3 is 2.53 bits per heavy atom. The van der Waals surface area contributed by atoms with E-state index in [1.807, 2.05) is 27.7 Å². The van der Waals surface area contributed by atoms with Crippen molar-refractivity contribution in [3.05, 3.63) is 16.4 Å². The molecule has 5 heteroatoms. The lowest BCUT2D eigenvalue weighted by Crippen LogP contribution is -2.41. The summed E-state index contributed by atoms with van der Waals surface area (Å²) in [5.74, 6) is -0.149. The van der Waals surface area contributed by atoms with Gasteiger partial charge in [0.05, 0.1) is 16.4 Å². The number of halogens is 2. The second-order valence-corrected chi connectivity index (χ2v) is 5.11. The summed E-state index contributed by atoms with van der Waals surface area (Å²) in [6.07, 6.45) is 0.217. The van der Waals surface area contributed by atoms with Crippen LogP contribution in [-0.4, -0.2) is 22.0 Å². The zero-order valence-corrected chi connectivity index (χ0v) is 11.7. The van der Waals surface area contributed by atoms with Crippen molar-refractivity contribution < 1.29 is 4.39 Å². The predicted octanol–water partition coefficient (Wildman–Crippen LogP) is 2.73. The van der Waals surface area contributed by atoms with E-state index in [0.717, 1.165) is 11.4 Å². The highest BCUT2D eigenvalue weighted by Gasteiger charge is 2.34. The minimum Gasteiger partial charge on any atom is -0.328 e. The number of aromatic nitrogens is 2. The van der Waals surface area contributed by atoms with E-state index < -0.39 is 5.67 Å². The highest BCUT2D eigenvalue weighted by atomic mass is 35.5. The summed E-state index contributed by atoms with van der Waals surface area (Å²) in [6, 6.07) is 0. The van der Waals surface area contributed by atoms with Crippen molar-refractivity contribution in [2.75, 3.05) is 6.54 Å². The van der Waals surface area contributed by atoms with E-state index >= 15 is 0 Å². The molecule has 17 heavy (non-hydrogen) atoms. The van der Waals surface area contributed by atoms with E-state index in [9.17, 15) is 4.39 Å². The minimum atomic E-state index is -1.43. The van der Waals surface area contributed by atoms with Crippen LogP contribution in [0.4, 0.5) is 4.39 Å². The molecule has 1 unspecified atom stereocenters. The molecular formula is C12H21ClFN3. The third-order valence-corrected chi connectivity index (χ3v) is 3.78. The highest BCUT2D eigenvalue weighted by Crippen LogP contribution is 2.30. The molecule has 0 fully saturated rings. The maximum Gasteiger partial charge on any atom is 0.131 e. The number of hydrogen-bond donors (Lipinski definition) is 1. The summed E-state index contributed by atoms with van der Waals surface area (Å²) in [6.45, 7) is 8.14. The van der Waals surface area contributed by atoms with Crippen LogP contribution in [0.15, 0.2) is 0 Å². The van der Waals surface area contributed by atoms with Gasteiger partial charge in [0.25, 0.3) is 0 Å². The highest BCUT2D eigenvalue weighted by molar-refractivity contribution is 6.31. The Labute approximate surface area is 107 Å². The molecule has 0 saturated carbocycles. The molecule has 1 heterocycles. The Kier molecular flexibility index (Phi) is 4.55. The van der Waals surface area contributed by atoms with Gasteiger partial charge in [0, 0.05) is 19.5 Å². The van der Waals surface area contributed by atoms with Gasteiger partial charge in [-0.3, -0.25) is 4.68 Å². The molecule has 2 N–H and O–H groups in total. The third-order valence-electron chi connectivity index (χ3n) is 3.29. The van der Waals surface area contributed by atoms with E-state index in [4.69, 9.17) is 17.3 Å². The van der Waals surface area contributed by atoms with Crippen LogP contribution in [0, 0.1) is 12.8 Å². The van der Waals surface area contributed by atoms with Crippen LogP contribution in [0.2, 0.25) is 5.02 Å². The molecule has 0 aromatic carbocycles. The van der Waals surface area contributed by atoms with Crippen molar-refractivity contribution in [1.82, 2.24) is 9.78 Å². The first-order valence-electron chi connectivity index (χ1n) is 5.96. The normalized spacial score (nSPS) is 15.3. The number of hydrogen-bond acceptors (Lipinski definition) is 2. The van der Waals surface area contributed by atoms with E-state index in [1.54, 1.807) is 4.68 Å². The van der Waals surface area contributed by atoms with Gasteiger partial charge in [-0.1, -0.05) is 25.4 Å². The van der Waals surface area contributed by atoms with Gasteiger partial charge in [0.15, 0.2) is 0 Å². The number of nitrogens with two attached hydrogens (primary N) is 1. The fraction of sp³-hybridized carbons (Fsp3) is 0.750. The zero-order valence-electron chi connectivity index (χ0n) is 10.9. The molecule has 1 atom stereocenters. The number of rotatable bonds is 5. The number of alkyl halides is 1. The summed E-state index contributed by atoms with van der Waals surface area (Å²) in [4.78, 5) is 0. The van der Waals surface area contributed by atoms with Gasteiger partial charge >= 0.3 is 0 Å².